The number of aromatic nitrogens is 1. The predicted molar refractivity (Wildman–Crippen MR) is 78.3 cm³/mol. The Hall–Kier alpha value is -3.15. The van der Waals surface area contributed by atoms with E-state index in [9.17, 15) is 14.7 Å². The minimum Gasteiger partial charge on any atom is -0.479 e. The summed E-state index contributed by atoms with van der Waals surface area (Å²) in [6, 6.07) is 12.2. The Morgan fingerprint density at radius 3 is 2.64 bits per heavy atom. The van der Waals surface area contributed by atoms with Crippen LogP contribution in [0.3, 0.4) is 0 Å². The van der Waals surface area contributed by atoms with Crippen molar-refractivity contribution < 1.29 is 19.1 Å². The summed E-state index contributed by atoms with van der Waals surface area (Å²) < 4.78 is 5.10. The molecule has 0 aliphatic carbocycles. The van der Waals surface area contributed by atoms with E-state index in [-0.39, 0.29) is 0 Å². The first-order valence-corrected chi connectivity index (χ1v) is 6.57. The van der Waals surface area contributed by atoms with Gasteiger partial charge in [0.15, 0.2) is 18.0 Å². The van der Waals surface area contributed by atoms with Gasteiger partial charge in [-0.25, -0.2) is 9.78 Å². The molecule has 6 heteroatoms. The molecule has 1 amide bonds. The third-order valence-electron chi connectivity index (χ3n) is 3.25. The Bertz CT molecular complexity index is 826. The Morgan fingerprint density at radius 1 is 1.14 bits per heavy atom. The molecule has 1 atom stereocenters. The summed E-state index contributed by atoms with van der Waals surface area (Å²) >= 11 is 0. The molecule has 0 aliphatic rings. The molecule has 1 heterocycles. The molecule has 22 heavy (non-hydrogen) atoms. The Morgan fingerprint density at radius 2 is 1.91 bits per heavy atom. The van der Waals surface area contributed by atoms with Gasteiger partial charge in [-0.15, -0.1) is 0 Å². The van der Waals surface area contributed by atoms with Crippen molar-refractivity contribution in [3.05, 3.63) is 66.1 Å². The molecule has 0 fully saturated rings. The number of carboxylic acids is 1. The number of oxazole rings is 1. The van der Waals surface area contributed by atoms with Crippen LogP contribution in [-0.2, 0) is 4.79 Å². The number of fused-ring (bicyclic) bond motifs is 1. The van der Waals surface area contributed by atoms with Crippen molar-refractivity contribution in [3.8, 4) is 0 Å². The van der Waals surface area contributed by atoms with Crippen molar-refractivity contribution in [1.29, 1.82) is 0 Å². The van der Waals surface area contributed by atoms with Crippen LogP contribution in [0.2, 0.25) is 0 Å². The smallest absolute Gasteiger partial charge is 0.330 e. The highest BCUT2D eigenvalue weighted by Gasteiger charge is 2.22. The fraction of sp³-hybridized carbons (Fsp3) is 0.0625. The molecule has 6 nitrogen and oxygen atoms in total. The van der Waals surface area contributed by atoms with Crippen LogP contribution >= 0.6 is 0 Å². The van der Waals surface area contributed by atoms with E-state index in [0.717, 1.165) is 0 Å². The molecule has 0 radical (unpaired) electrons. The molecular weight excluding hydrogens is 284 g/mol. The zero-order chi connectivity index (χ0) is 15.5. The molecule has 0 saturated heterocycles. The number of hydrogen-bond acceptors (Lipinski definition) is 4. The van der Waals surface area contributed by atoms with E-state index < -0.39 is 17.9 Å². The van der Waals surface area contributed by atoms with Crippen molar-refractivity contribution in [2.45, 2.75) is 6.04 Å². The van der Waals surface area contributed by atoms with Gasteiger partial charge in [0.1, 0.15) is 5.52 Å². The summed E-state index contributed by atoms with van der Waals surface area (Å²) in [4.78, 5) is 27.6. The van der Waals surface area contributed by atoms with Gasteiger partial charge in [-0.05, 0) is 23.8 Å². The van der Waals surface area contributed by atoms with Crippen LogP contribution in [0.5, 0.6) is 0 Å². The first-order chi connectivity index (χ1) is 10.6. The Kier molecular flexibility index (Phi) is 3.57. The van der Waals surface area contributed by atoms with E-state index in [1.165, 1.54) is 6.39 Å². The SMILES string of the molecule is O=C(NC(C(=O)O)c1ccccc1)c1ccc2ocnc2c1. The molecule has 1 aromatic heterocycles. The third-order valence-corrected chi connectivity index (χ3v) is 3.25. The highest BCUT2D eigenvalue weighted by molar-refractivity contribution is 5.99. The molecule has 2 N–H and O–H groups in total. The lowest BCUT2D eigenvalue weighted by Crippen LogP contribution is -2.33. The maximum Gasteiger partial charge on any atom is 0.330 e. The van der Waals surface area contributed by atoms with Gasteiger partial charge in [-0.2, -0.15) is 0 Å². The van der Waals surface area contributed by atoms with Gasteiger partial charge in [-0.3, -0.25) is 4.79 Å². The molecule has 3 rings (SSSR count). The third kappa shape index (κ3) is 2.67. The molecule has 0 bridgehead atoms. The zero-order valence-electron chi connectivity index (χ0n) is 11.4. The lowest BCUT2D eigenvalue weighted by atomic mass is 10.1. The number of carbonyl (C=O) groups is 2. The van der Waals surface area contributed by atoms with E-state index in [4.69, 9.17) is 4.42 Å². The quantitative estimate of drug-likeness (QED) is 0.771. The maximum atomic E-state index is 12.3. The van der Waals surface area contributed by atoms with Gasteiger partial charge in [0.2, 0.25) is 0 Å². The summed E-state index contributed by atoms with van der Waals surface area (Å²) in [7, 11) is 0. The van der Waals surface area contributed by atoms with Crippen molar-refractivity contribution in [3.63, 3.8) is 0 Å². The number of rotatable bonds is 4. The molecule has 2 aromatic carbocycles. The molecular formula is C16H12N2O4. The zero-order valence-corrected chi connectivity index (χ0v) is 11.4. The van der Waals surface area contributed by atoms with Gasteiger partial charge >= 0.3 is 5.97 Å². The second-order valence-corrected chi connectivity index (χ2v) is 4.69. The second kappa shape index (κ2) is 5.69. The average Bonchev–Trinajstić information content (AvgIpc) is 3.00. The van der Waals surface area contributed by atoms with Crippen LogP contribution in [0.1, 0.15) is 22.0 Å². The number of carboxylic acid groups (broad SMARTS) is 1. The van der Waals surface area contributed by atoms with Gasteiger partial charge in [0.05, 0.1) is 0 Å². The number of nitrogens with one attached hydrogen (secondary N) is 1. The molecule has 0 saturated carbocycles. The van der Waals surface area contributed by atoms with Crippen LogP contribution < -0.4 is 5.32 Å². The number of benzene rings is 2. The van der Waals surface area contributed by atoms with Crippen molar-refractivity contribution in [1.82, 2.24) is 10.3 Å². The highest BCUT2D eigenvalue weighted by atomic mass is 16.4. The molecule has 0 aliphatic heterocycles. The number of aliphatic carboxylic acids is 1. The van der Waals surface area contributed by atoms with Crippen molar-refractivity contribution >= 4 is 23.0 Å². The summed E-state index contributed by atoms with van der Waals surface area (Å²) in [6.45, 7) is 0. The Balaban J connectivity index is 1.86. The van der Waals surface area contributed by atoms with Crippen LogP contribution in [-0.4, -0.2) is 22.0 Å². The second-order valence-electron chi connectivity index (χ2n) is 4.69. The van der Waals surface area contributed by atoms with E-state index >= 15 is 0 Å². The summed E-state index contributed by atoms with van der Waals surface area (Å²) in [5, 5.41) is 11.8. The summed E-state index contributed by atoms with van der Waals surface area (Å²) in [5.41, 5.74) is 1.93. The van der Waals surface area contributed by atoms with Gasteiger partial charge < -0.3 is 14.8 Å². The highest BCUT2D eigenvalue weighted by Crippen LogP contribution is 2.17. The van der Waals surface area contributed by atoms with Gasteiger partial charge in [0, 0.05) is 5.56 Å². The fourth-order valence-electron chi connectivity index (χ4n) is 2.15. The van der Waals surface area contributed by atoms with Crippen LogP contribution in [0.25, 0.3) is 11.1 Å². The molecule has 3 aromatic rings. The van der Waals surface area contributed by atoms with E-state index in [0.29, 0.717) is 22.2 Å². The molecule has 1 unspecified atom stereocenters. The van der Waals surface area contributed by atoms with Crippen LogP contribution in [0, 0.1) is 0 Å². The fourth-order valence-corrected chi connectivity index (χ4v) is 2.15. The largest absolute Gasteiger partial charge is 0.479 e. The first-order valence-electron chi connectivity index (χ1n) is 6.57. The summed E-state index contributed by atoms with van der Waals surface area (Å²) in [6.07, 6.45) is 1.29. The number of carbonyl (C=O) groups excluding carboxylic acids is 1. The topological polar surface area (TPSA) is 92.4 Å². The van der Waals surface area contributed by atoms with Gasteiger partial charge in [-0.1, -0.05) is 30.3 Å². The Labute approximate surface area is 125 Å². The number of nitrogens with zero attached hydrogens (tertiary/aromatic N) is 1. The predicted octanol–water partition coefficient (Wildman–Crippen LogP) is 2.38. The number of amides is 1. The summed E-state index contributed by atoms with van der Waals surface area (Å²) in [5.74, 6) is -1.61. The number of hydrogen-bond donors (Lipinski definition) is 2. The average molecular weight is 296 g/mol. The normalized spacial score (nSPS) is 12.0. The van der Waals surface area contributed by atoms with Gasteiger partial charge in [0.25, 0.3) is 5.91 Å². The van der Waals surface area contributed by atoms with Crippen LogP contribution in [0.4, 0.5) is 0 Å². The lowest BCUT2D eigenvalue weighted by Gasteiger charge is -2.14. The van der Waals surface area contributed by atoms with E-state index in [2.05, 4.69) is 10.3 Å². The molecule has 0 spiro atoms. The standard InChI is InChI=1S/C16H12N2O4/c19-15(11-6-7-13-12(8-11)17-9-22-13)18-14(16(20)21)10-4-2-1-3-5-10/h1-9,14H,(H,18,19)(H,20,21). The van der Waals surface area contributed by atoms with Crippen LogP contribution in [0.15, 0.2) is 59.3 Å². The minimum absolute atomic E-state index is 0.323. The van der Waals surface area contributed by atoms with E-state index in [1.807, 2.05) is 0 Å². The minimum atomic E-state index is -1.12. The molecule has 110 valence electrons. The van der Waals surface area contributed by atoms with Crippen molar-refractivity contribution in [2.24, 2.45) is 0 Å². The van der Waals surface area contributed by atoms with E-state index in [1.54, 1.807) is 48.5 Å². The maximum absolute atomic E-state index is 12.3. The lowest BCUT2D eigenvalue weighted by molar-refractivity contribution is -0.139. The van der Waals surface area contributed by atoms with Crippen molar-refractivity contribution in [2.75, 3.05) is 0 Å². The first kappa shape index (κ1) is 13.8. The monoisotopic (exact) mass is 296 g/mol.